The van der Waals surface area contributed by atoms with Crippen LogP contribution < -0.4 is 5.32 Å². The zero-order valence-electron chi connectivity index (χ0n) is 24.1. The van der Waals surface area contributed by atoms with Gasteiger partial charge in [-0.05, 0) is 78.9 Å². The molecule has 0 saturated carbocycles. The number of rotatable bonds is 7. The molecule has 0 unspecified atom stereocenters. The highest BCUT2D eigenvalue weighted by molar-refractivity contribution is 7.18. The number of nitrogens with one attached hydrogen (secondary N) is 2. The molecule has 0 aliphatic carbocycles. The number of nitrogens with zero attached hydrogens (tertiary/aromatic N) is 2. The number of hydrogen-bond acceptors (Lipinski definition) is 6. The number of aromatic nitrogens is 3. The Labute approximate surface area is 255 Å². The second kappa shape index (κ2) is 12.9. The highest BCUT2D eigenvalue weighted by atomic mass is 32.1. The van der Waals surface area contributed by atoms with Crippen molar-refractivity contribution in [1.82, 2.24) is 20.4 Å². The number of thiophene rings is 1. The number of hydrogen-bond donors (Lipinski definition) is 3. The summed E-state index contributed by atoms with van der Waals surface area (Å²) in [5.41, 5.74) is 10.2. The first kappa shape index (κ1) is 30.7. The summed E-state index contributed by atoms with van der Waals surface area (Å²) in [7, 11) is 0. The molecule has 0 bridgehead atoms. The third-order valence-corrected chi connectivity index (χ3v) is 8.06. The maximum atomic E-state index is 10.6. The first-order valence-electron chi connectivity index (χ1n) is 13.7. The van der Waals surface area contributed by atoms with Crippen LogP contribution >= 0.6 is 11.3 Å². The second-order valence-corrected chi connectivity index (χ2v) is 11.3. The van der Waals surface area contributed by atoms with Gasteiger partial charge in [0.1, 0.15) is 11.6 Å². The van der Waals surface area contributed by atoms with E-state index in [1.165, 1.54) is 27.1 Å². The summed E-state index contributed by atoms with van der Waals surface area (Å²) in [6.07, 6.45) is -5.08. The lowest BCUT2D eigenvalue weighted by Gasteiger charge is -2.08. The van der Waals surface area contributed by atoms with Crippen LogP contribution in [-0.4, -0.2) is 32.4 Å². The van der Waals surface area contributed by atoms with Gasteiger partial charge in [0.15, 0.2) is 0 Å². The quantitative estimate of drug-likeness (QED) is 0.166. The fourth-order valence-electron chi connectivity index (χ4n) is 4.83. The number of carboxylic acid groups (broad SMARTS) is 1. The third-order valence-electron chi connectivity index (χ3n) is 6.92. The fraction of sp³-hybridized carbons (Fsp3) is 0.182. The van der Waals surface area contributed by atoms with Crippen molar-refractivity contribution in [2.24, 2.45) is 0 Å². The molecule has 226 valence electrons. The average Bonchev–Trinajstić information content (AvgIpc) is 3.72. The largest absolute Gasteiger partial charge is 0.490 e. The van der Waals surface area contributed by atoms with Crippen LogP contribution in [0.1, 0.15) is 28.1 Å². The van der Waals surface area contributed by atoms with Crippen LogP contribution in [0, 0.1) is 20.8 Å². The van der Waals surface area contributed by atoms with Crippen molar-refractivity contribution in [2.75, 3.05) is 0 Å². The average molecular weight is 619 g/mol. The van der Waals surface area contributed by atoms with E-state index in [2.05, 4.69) is 101 Å². The molecule has 0 aliphatic rings. The number of H-pyrrole nitrogens is 1. The van der Waals surface area contributed by atoms with Crippen LogP contribution in [0.3, 0.4) is 0 Å². The maximum absolute atomic E-state index is 10.6. The van der Waals surface area contributed by atoms with Crippen molar-refractivity contribution >= 4 is 28.3 Å². The number of aryl methyl sites for hydroxylation is 3. The Morgan fingerprint density at radius 3 is 2.14 bits per heavy atom. The van der Waals surface area contributed by atoms with E-state index in [4.69, 9.17) is 19.4 Å². The minimum atomic E-state index is -5.08. The molecule has 3 heterocycles. The predicted molar refractivity (Wildman–Crippen MR) is 165 cm³/mol. The third kappa shape index (κ3) is 7.07. The first-order valence-corrected chi connectivity index (χ1v) is 14.5. The Hall–Kier alpha value is -4.74. The van der Waals surface area contributed by atoms with Gasteiger partial charge in [0, 0.05) is 23.5 Å². The summed E-state index contributed by atoms with van der Waals surface area (Å²) >= 11 is 1.77. The van der Waals surface area contributed by atoms with Gasteiger partial charge in [0.2, 0.25) is 0 Å². The van der Waals surface area contributed by atoms with E-state index in [1.807, 2.05) is 13.8 Å². The highest BCUT2D eigenvalue weighted by Crippen LogP contribution is 2.35. The van der Waals surface area contributed by atoms with Crippen LogP contribution in [0.2, 0.25) is 0 Å². The normalized spacial score (nSPS) is 11.4. The second-order valence-electron chi connectivity index (χ2n) is 10.2. The van der Waals surface area contributed by atoms with Crippen molar-refractivity contribution in [3.05, 3.63) is 107 Å². The van der Waals surface area contributed by atoms with Gasteiger partial charge < -0.3 is 19.9 Å². The number of aromatic amines is 1. The summed E-state index contributed by atoms with van der Waals surface area (Å²) < 4.78 is 37.1. The molecule has 6 aromatic rings. The molecule has 0 fully saturated rings. The van der Waals surface area contributed by atoms with Crippen LogP contribution in [0.15, 0.2) is 83.4 Å². The van der Waals surface area contributed by atoms with Crippen molar-refractivity contribution in [3.8, 4) is 32.3 Å². The minimum absolute atomic E-state index is 0.788. The minimum Gasteiger partial charge on any atom is -0.475 e. The van der Waals surface area contributed by atoms with Gasteiger partial charge in [-0.1, -0.05) is 53.7 Å². The summed E-state index contributed by atoms with van der Waals surface area (Å²) in [5, 5.41) is 14.8. The monoisotopic (exact) mass is 618 g/mol. The number of fused-ring (bicyclic) bond motifs is 1. The molecule has 0 atom stereocenters. The number of imidazole rings is 1. The van der Waals surface area contributed by atoms with E-state index in [9.17, 15) is 13.2 Å². The van der Waals surface area contributed by atoms with Crippen molar-refractivity contribution in [2.45, 2.75) is 40.0 Å². The van der Waals surface area contributed by atoms with Crippen LogP contribution in [0.5, 0.6) is 0 Å². The molecule has 0 spiro atoms. The number of para-hydroxylation sites is 1. The number of benzene rings is 3. The van der Waals surface area contributed by atoms with E-state index in [-0.39, 0.29) is 0 Å². The van der Waals surface area contributed by atoms with Crippen LogP contribution in [0.4, 0.5) is 13.2 Å². The van der Waals surface area contributed by atoms with Gasteiger partial charge in [0.25, 0.3) is 0 Å². The van der Waals surface area contributed by atoms with Gasteiger partial charge in [-0.3, -0.25) is 0 Å². The van der Waals surface area contributed by atoms with Crippen LogP contribution in [0.25, 0.3) is 43.3 Å². The number of halogens is 3. The SMILES string of the molecule is Cc1noc(C)c1-c1cccc(CNCc2cccc(-c3ccc(-c4nc5c(C)cccc5[nH]4)s3)c2)c1.O=C(O)C(F)(F)F. The van der Waals surface area contributed by atoms with Crippen molar-refractivity contribution in [1.29, 1.82) is 0 Å². The molecule has 3 aromatic heterocycles. The molecule has 11 heteroatoms. The Morgan fingerprint density at radius 1 is 0.909 bits per heavy atom. The molecule has 0 aliphatic heterocycles. The molecule has 3 aromatic carbocycles. The Morgan fingerprint density at radius 2 is 1.52 bits per heavy atom. The highest BCUT2D eigenvalue weighted by Gasteiger charge is 2.38. The van der Waals surface area contributed by atoms with Gasteiger partial charge in [0.05, 0.1) is 21.6 Å². The van der Waals surface area contributed by atoms with Gasteiger partial charge >= 0.3 is 12.1 Å². The molecule has 6 rings (SSSR count). The molecule has 44 heavy (non-hydrogen) atoms. The van der Waals surface area contributed by atoms with Crippen LogP contribution in [-0.2, 0) is 17.9 Å². The lowest BCUT2D eigenvalue weighted by molar-refractivity contribution is -0.192. The Kier molecular flexibility index (Phi) is 8.98. The summed E-state index contributed by atoms with van der Waals surface area (Å²) in [6.45, 7) is 7.63. The number of aliphatic carboxylic acids is 1. The standard InChI is InChI=1S/C31H28N4OS.C2HF3O2/c1-19-7-4-12-26-30(19)34-31(33-26)28-14-13-27(37-28)24-10-5-8-22(15-24)17-32-18-23-9-6-11-25(16-23)29-20(2)35-36-21(29)3;3-2(4,5)1(6)7/h4-16,32H,17-18H2,1-3H3,(H,33,34);(H,6,7). The van der Waals surface area contributed by atoms with Gasteiger partial charge in [-0.25, -0.2) is 9.78 Å². The van der Waals surface area contributed by atoms with E-state index >= 15 is 0 Å². The summed E-state index contributed by atoms with van der Waals surface area (Å²) in [6, 6.07) is 27.9. The maximum Gasteiger partial charge on any atom is 0.490 e. The Balaban J connectivity index is 0.000000493. The molecule has 0 saturated heterocycles. The topological polar surface area (TPSA) is 104 Å². The zero-order chi connectivity index (χ0) is 31.4. The molecule has 7 nitrogen and oxygen atoms in total. The van der Waals surface area contributed by atoms with Crippen molar-refractivity contribution < 1.29 is 27.6 Å². The number of carboxylic acids is 1. The predicted octanol–water partition coefficient (Wildman–Crippen LogP) is 8.46. The molecule has 0 radical (unpaired) electrons. The zero-order valence-corrected chi connectivity index (χ0v) is 24.9. The van der Waals surface area contributed by atoms with E-state index in [0.29, 0.717) is 0 Å². The van der Waals surface area contributed by atoms with E-state index in [0.717, 1.165) is 57.4 Å². The molecule has 0 amide bonds. The van der Waals surface area contributed by atoms with Crippen molar-refractivity contribution in [3.63, 3.8) is 0 Å². The summed E-state index contributed by atoms with van der Waals surface area (Å²) in [5.74, 6) is -0.976. The lowest BCUT2D eigenvalue weighted by atomic mass is 10.0. The Bertz CT molecular complexity index is 1900. The van der Waals surface area contributed by atoms with Gasteiger partial charge in [-0.2, -0.15) is 13.2 Å². The lowest BCUT2D eigenvalue weighted by Crippen LogP contribution is -2.21. The number of alkyl halides is 3. The van der Waals surface area contributed by atoms with E-state index < -0.39 is 12.1 Å². The van der Waals surface area contributed by atoms with Gasteiger partial charge in [-0.15, -0.1) is 11.3 Å². The number of carbonyl (C=O) groups is 1. The molecular formula is C33H29F3N4O3S. The molecule has 3 N–H and O–H groups in total. The smallest absolute Gasteiger partial charge is 0.475 e. The fourth-order valence-corrected chi connectivity index (χ4v) is 5.78. The summed E-state index contributed by atoms with van der Waals surface area (Å²) in [4.78, 5) is 19.6. The first-order chi connectivity index (χ1) is 21.0. The van der Waals surface area contributed by atoms with E-state index in [1.54, 1.807) is 11.3 Å². The molecular weight excluding hydrogens is 589 g/mol.